The highest BCUT2D eigenvalue weighted by Gasteiger charge is 2.17. The summed E-state index contributed by atoms with van der Waals surface area (Å²) in [5.74, 6) is 0.668. The second-order valence-corrected chi connectivity index (χ2v) is 5.08. The van der Waals surface area contributed by atoms with Crippen LogP contribution in [0.4, 0.5) is 0 Å². The number of hydrogen-bond donors (Lipinski definition) is 0. The van der Waals surface area contributed by atoms with E-state index in [0.29, 0.717) is 11.3 Å². The van der Waals surface area contributed by atoms with Gasteiger partial charge >= 0.3 is 0 Å². The molecule has 1 aromatic carbocycles. The molecule has 0 aliphatic carbocycles. The van der Waals surface area contributed by atoms with Crippen LogP contribution >= 0.6 is 11.6 Å². The van der Waals surface area contributed by atoms with Gasteiger partial charge in [-0.15, -0.1) is 11.6 Å². The molecule has 1 aromatic rings. The number of hydrogen-bond acceptors (Lipinski definition) is 0. The van der Waals surface area contributed by atoms with E-state index in [4.69, 9.17) is 11.6 Å². The van der Waals surface area contributed by atoms with Crippen LogP contribution in [-0.2, 0) is 6.42 Å². The molecule has 2 atom stereocenters. The largest absolute Gasteiger partial charge is 0.122 e. The topological polar surface area (TPSA) is 0 Å². The van der Waals surface area contributed by atoms with Crippen molar-refractivity contribution in [1.29, 1.82) is 0 Å². The first-order chi connectivity index (χ1) is 7.77. The zero-order valence-corrected chi connectivity index (χ0v) is 11.2. The Labute approximate surface area is 105 Å². The zero-order valence-electron chi connectivity index (χ0n) is 10.5. The van der Waals surface area contributed by atoms with Crippen molar-refractivity contribution in [3.63, 3.8) is 0 Å². The van der Waals surface area contributed by atoms with E-state index in [1.807, 2.05) is 0 Å². The molecule has 0 aliphatic heterocycles. The molecule has 2 unspecified atom stereocenters. The number of rotatable bonds is 7. The van der Waals surface area contributed by atoms with Crippen molar-refractivity contribution in [2.24, 2.45) is 5.92 Å². The van der Waals surface area contributed by atoms with E-state index in [1.165, 1.54) is 31.2 Å². The van der Waals surface area contributed by atoms with Gasteiger partial charge in [0.05, 0.1) is 0 Å². The Morgan fingerprint density at radius 1 is 1.12 bits per heavy atom. The lowest BCUT2D eigenvalue weighted by atomic mass is 9.92. The fourth-order valence-corrected chi connectivity index (χ4v) is 2.60. The smallest absolute Gasteiger partial charge is 0.0404 e. The number of halogens is 1. The molecule has 16 heavy (non-hydrogen) atoms. The third kappa shape index (κ3) is 4.57. The molecule has 0 heterocycles. The summed E-state index contributed by atoms with van der Waals surface area (Å²) in [6.45, 7) is 4.49. The minimum Gasteiger partial charge on any atom is -0.122 e. The maximum Gasteiger partial charge on any atom is 0.0404 e. The first-order valence-electron chi connectivity index (χ1n) is 6.45. The minimum absolute atomic E-state index is 0.291. The first-order valence-corrected chi connectivity index (χ1v) is 6.89. The van der Waals surface area contributed by atoms with Gasteiger partial charge in [-0.1, -0.05) is 63.4 Å². The van der Waals surface area contributed by atoms with Crippen LogP contribution < -0.4 is 0 Å². The van der Waals surface area contributed by atoms with Crippen molar-refractivity contribution in [2.45, 2.75) is 51.3 Å². The predicted octanol–water partition coefficient (Wildman–Crippen LogP) is 5.05. The maximum atomic E-state index is 6.52. The molecule has 0 saturated carbocycles. The van der Waals surface area contributed by atoms with E-state index in [0.717, 1.165) is 6.42 Å². The Morgan fingerprint density at radius 3 is 2.38 bits per heavy atom. The summed E-state index contributed by atoms with van der Waals surface area (Å²) in [5.41, 5.74) is 1.36. The van der Waals surface area contributed by atoms with E-state index in [2.05, 4.69) is 44.2 Å². The maximum absolute atomic E-state index is 6.52. The third-order valence-corrected chi connectivity index (χ3v) is 3.75. The van der Waals surface area contributed by atoms with Gasteiger partial charge in [0.2, 0.25) is 0 Å². The van der Waals surface area contributed by atoms with E-state index < -0.39 is 0 Å². The predicted molar refractivity (Wildman–Crippen MR) is 73.1 cm³/mol. The number of benzene rings is 1. The van der Waals surface area contributed by atoms with E-state index in [1.54, 1.807) is 0 Å². The Balaban J connectivity index is 2.46. The fraction of sp³-hybridized carbons (Fsp3) is 0.600. The molecule has 1 heteroatoms. The van der Waals surface area contributed by atoms with Crippen LogP contribution in [0.15, 0.2) is 30.3 Å². The molecule has 0 aromatic heterocycles. The van der Waals surface area contributed by atoms with Gasteiger partial charge in [0.25, 0.3) is 0 Å². The molecule has 0 aliphatic rings. The summed E-state index contributed by atoms with van der Waals surface area (Å²) in [6.07, 6.45) is 6.04. The monoisotopic (exact) mass is 238 g/mol. The summed E-state index contributed by atoms with van der Waals surface area (Å²) in [5, 5.41) is 0.291. The van der Waals surface area contributed by atoms with Crippen LogP contribution in [0.5, 0.6) is 0 Å². The molecule has 0 N–H and O–H groups in total. The molecular weight excluding hydrogens is 216 g/mol. The van der Waals surface area contributed by atoms with Crippen molar-refractivity contribution < 1.29 is 0 Å². The van der Waals surface area contributed by atoms with Crippen molar-refractivity contribution in [3.8, 4) is 0 Å². The Bertz CT molecular complexity index is 268. The van der Waals surface area contributed by atoms with Crippen LogP contribution in [0.1, 0.15) is 45.1 Å². The van der Waals surface area contributed by atoms with Gasteiger partial charge in [-0.05, 0) is 24.3 Å². The van der Waals surface area contributed by atoms with Crippen LogP contribution in [0, 0.1) is 5.92 Å². The van der Waals surface area contributed by atoms with E-state index >= 15 is 0 Å². The summed E-state index contributed by atoms with van der Waals surface area (Å²) in [6, 6.07) is 10.6. The Morgan fingerprint density at radius 2 is 1.81 bits per heavy atom. The Hall–Kier alpha value is -0.490. The number of alkyl halides is 1. The van der Waals surface area contributed by atoms with Crippen molar-refractivity contribution >= 4 is 11.6 Å². The van der Waals surface area contributed by atoms with Crippen molar-refractivity contribution in [3.05, 3.63) is 35.9 Å². The van der Waals surface area contributed by atoms with Crippen LogP contribution in [0.3, 0.4) is 0 Å². The molecule has 1 rings (SSSR count). The molecule has 0 bridgehead atoms. The average Bonchev–Trinajstić information content (AvgIpc) is 2.31. The third-order valence-electron chi connectivity index (χ3n) is 3.24. The molecule has 0 fully saturated rings. The molecular formula is C15H23Cl. The highest BCUT2D eigenvalue weighted by atomic mass is 35.5. The van der Waals surface area contributed by atoms with E-state index in [-0.39, 0.29) is 0 Å². The van der Waals surface area contributed by atoms with Crippen molar-refractivity contribution in [2.75, 3.05) is 0 Å². The highest BCUT2D eigenvalue weighted by Crippen LogP contribution is 2.24. The van der Waals surface area contributed by atoms with E-state index in [9.17, 15) is 0 Å². The minimum atomic E-state index is 0.291. The Kier molecular flexibility index (Phi) is 6.56. The average molecular weight is 239 g/mol. The molecule has 0 saturated heterocycles. The van der Waals surface area contributed by atoms with Gasteiger partial charge in [-0.3, -0.25) is 0 Å². The van der Waals surface area contributed by atoms with Gasteiger partial charge in [-0.2, -0.15) is 0 Å². The van der Waals surface area contributed by atoms with Gasteiger partial charge in [0.15, 0.2) is 0 Å². The van der Waals surface area contributed by atoms with Gasteiger partial charge in [-0.25, -0.2) is 0 Å². The van der Waals surface area contributed by atoms with Crippen molar-refractivity contribution in [1.82, 2.24) is 0 Å². The quantitative estimate of drug-likeness (QED) is 0.583. The standard InChI is InChI=1S/C15H23Cl/c1-3-5-11-14(4-2)15(16)12-13-9-7-6-8-10-13/h6-10,14-15H,3-5,11-12H2,1-2H3. The lowest BCUT2D eigenvalue weighted by Gasteiger charge is -2.20. The summed E-state index contributed by atoms with van der Waals surface area (Å²) >= 11 is 6.52. The summed E-state index contributed by atoms with van der Waals surface area (Å²) in [7, 11) is 0. The number of unbranched alkanes of at least 4 members (excludes halogenated alkanes) is 1. The highest BCUT2D eigenvalue weighted by molar-refractivity contribution is 6.20. The van der Waals surface area contributed by atoms with Crippen LogP contribution in [0.25, 0.3) is 0 Å². The molecule has 0 nitrogen and oxygen atoms in total. The lowest BCUT2D eigenvalue weighted by Crippen LogP contribution is -2.16. The normalized spacial score (nSPS) is 14.7. The fourth-order valence-electron chi connectivity index (χ4n) is 2.11. The molecule has 0 amide bonds. The van der Waals surface area contributed by atoms with Crippen LogP contribution in [0.2, 0.25) is 0 Å². The molecule has 90 valence electrons. The SMILES string of the molecule is CCCCC(CC)C(Cl)Cc1ccccc1. The zero-order chi connectivity index (χ0) is 11.8. The second-order valence-electron chi connectivity index (χ2n) is 4.52. The van der Waals surface area contributed by atoms with Gasteiger partial charge < -0.3 is 0 Å². The van der Waals surface area contributed by atoms with Gasteiger partial charge in [0.1, 0.15) is 0 Å². The second kappa shape index (κ2) is 7.73. The lowest BCUT2D eigenvalue weighted by molar-refractivity contribution is 0.428. The summed E-state index contributed by atoms with van der Waals surface area (Å²) < 4.78 is 0. The van der Waals surface area contributed by atoms with Crippen LogP contribution in [-0.4, -0.2) is 5.38 Å². The van der Waals surface area contributed by atoms with Gasteiger partial charge in [0, 0.05) is 5.38 Å². The molecule has 0 radical (unpaired) electrons. The molecule has 0 spiro atoms. The first kappa shape index (κ1) is 13.6. The summed E-state index contributed by atoms with van der Waals surface area (Å²) in [4.78, 5) is 0.